The molecule has 0 aromatic rings. The Kier molecular flexibility index (Phi) is 57.0. The number of aliphatic hydroxyl groups excluding tert-OH is 3. The van der Waals surface area contributed by atoms with E-state index in [1.54, 1.807) is 102 Å². The van der Waals surface area contributed by atoms with E-state index in [1.807, 2.05) is 130 Å². The lowest BCUT2D eigenvalue weighted by Gasteiger charge is -2.42. The third-order valence-corrected chi connectivity index (χ3v) is 30.9. The third kappa shape index (κ3) is 37.2. The monoisotopic (exact) mass is 2010 g/mol. The SMILES string of the molecule is C.C.CC.CO[C@H]1C[C@@H]2CC[C@@H](C)[C@@](O)(O2)C(=O)C(=O)N2CCCC[C@H]2C(=O)OC([C@H](C)CC2CCC(O)[C@H](OC)C2)CC(=O)[C@H](C)/C=C(\C)[C@@H](O)[C@@H](OC)C(=O)[C@H](C)C[C@H](C)/C=C/C=CC=C1C.CO[C@H]1C[C@@H]2CC[C@@H](C)[C@@](O)(O2)C(=O)C(=O)N2CCCC[C@H]2C(=O)OC([C@H](C)CC2CCC([P+](C)=O)[C@H](OC)C2)CC(=O)[C@H](C)/C=C(\C)[C@@H](O)[C@@H](OC)C(=O)[C@H](C)C[C@H](C)/C=C/C=CC=C1C.C[P+](C)=O. The number of ketones is 6. The standard InChI is InChI=1S/C52H81NO13P.C51H79NO13.C2H6OP.C2H6.2CH4/c1-31-17-13-12-14-18-32(2)42(62-8)29-39-22-20-37(7)52(60,66-39)49(57)50(58)53-24-16-15-19-40(53)51(59)65-43(34(4)27-38-21-23-45(67(11)61)44(28-38)63-9)30-41(54)33(3)26-36(6)47(56)48(64-10)46(55)35(5)25-31;1-30-16-12-11-13-17-31(2)42(61-8)28-38-21-19-36(7)51(60,65-38)48(57)49(58)52-23-15-14-18-39(52)50(59)64-43(33(4)26-37-20-22-40(53)44(27-37)62-9)29-41(54)32(3)25-35(6)46(56)47(63-10)45(55)34(5)24-30;1-4(2)3;1-2;;/h12-14,17-18,26,31,33-35,37-40,42-45,47-48,56,60H,15-16,19-25,27-30H2,1-11H3;11-13,16-17,25,30,32-34,36-40,42-44,46-47,53,56,60H,14-15,18-24,26-29H2,1-10H3;1-2H3;1-2H3;2*1H4/q+1;;+1;;;/b14-12?,17-13+,32-18?,36-26+;13-11?,16-12+,31-17?,35-25+;;;;/t31-,33-,34-,35-,37-,38?,39+,40+,42+,43?,44-,45?,47-,48+,52-;30-,32-,33-,34-,36-,37?,38+,39+,40?,42+,43?,44-,46-,47+,51-;;;;/m11..../s1. The summed E-state index contributed by atoms with van der Waals surface area (Å²) in [5.41, 5.74) is 2.48. The van der Waals surface area contributed by atoms with Crippen molar-refractivity contribution >= 4 is 74.1 Å². The molecule has 0 spiro atoms. The van der Waals surface area contributed by atoms with Crippen molar-refractivity contribution in [3.63, 3.8) is 0 Å². The number of carbonyl (C=O) groups is 10. The number of fused-ring (bicyclic) bond motifs is 6. The molecule has 0 radical (unpaired) electrons. The maximum atomic E-state index is 14.4. The first-order chi connectivity index (χ1) is 65.1. The fourth-order valence-electron chi connectivity index (χ4n) is 20.6. The minimum Gasteiger partial charge on any atom is -0.460 e. The van der Waals surface area contributed by atoms with Crippen molar-refractivity contribution in [1.82, 2.24) is 9.80 Å². The fourth-order valence-corrected chi connectivity index (χ4v) is 21.9. The van der Waals surface area contributed by atoms with Gasteiger partial charge in [-0.1, -0.05) is 180 Å². The first-order valence-electron chi connectivity index (χ1n) is 50.6. The van der Waals surface area contributed by atoms with Crippen molar-refractivity contribution in [3.05, 3.63) is 95.2 Å². The maximum Gasteiger partial charge on any atom is 0.341 e. The van der Waals surface area contributed by atoms with E-state index in [2.05, 4.69) is 0 Å². The molecule has 0 aromatic heterocycles. The van der Waals surface area contributed by atoms with Crippen LogP contribution in [-0.4, -0.2) is 278 Å². The van der Waals surface area contributed by atoms with E-state index in [0.29, 0.717) is 120 Å². The molecule has 796 valence electrons. The second kappa shape index (κ2) is 62.5. The second-order valence-corrected chi connectivity index (χ2v) is 43.9. The average Bonchev–Trinajstić information content (AvgIpc) is 0.773. The van der Waals surface area contributed by atoms with Crippen LogP contribution in [-0.2, 0) is 104 Å². The number of ether oxygens (including phenoxy) is 10. The van der Waals surface area contributed by atoms with Gasteiger partial charge in [0, 0.05) is 117 Å². The van der Waals surface area contributed by atoms with Gasteiger partial charge < -0.3 is 82.7 Å². The zero-order valence-corrected chi connectivity index (χ0v) is 89.3. The van der Waals surface area contributed by atoms with Gasteiger partial charge in [0.05, 0.1) is 36.6 Å². The first kappa shape index (κ1) is 128. The highest BCUT2D eigenvalue weighted by Gasteiger charge is 2.56. The number of allylic oxidation sites excluding steroid dienone is 12. The zero-order valence-electron chi connectivity index (χ0n) is 87.5. The molecule has 31 heteroatoms. The molecule has 2 aliphatic carbocycles. The molecule has 7 unspecified atom stereocenters. The summed E-state index contributed by atoms with van der Waals surface area (Å²) in [7, 11) is 6.78. The smallest absolute Gasteiger partial charge is 0.341 e. The van der Waals surface area contributed by atoms with Crippen molar-refractivity contribution in [3.8, 4) is 0 Å². The van der Waals surface area contributed by atoms with E-state index in [4.69, 9.17) is 47.4 Å². The Morgan fingerprint density at radius 3 is 1.16 bits per heavy atom. The van der Waals surface area contributed by atoms with E-state index >= 15 is 0 Å². The lowest BCUT2D eigenvalue weighted by Crippen LogP contribution is -2.61. The summed E-state index contributed by atoms with van der Waals surface area (Å²) in [5.74, 6) is -15.9. The Morgan fingerprint density at radius 2 is 0.814 bits per heavy atom. The molecule has 2 saturated carbocycles. The number of carbonyl (C=O) groups excluding carboxylic acids is 10. The summed E-state index contributed by atoms with van der Waals surface area (Å²) in [6.45, 7) is 34.6. The highest BCUT2D eigenvalue weighted by Crippen LogP contribution is 2.45. The van der Waals surface area contributed by atoms with Crippen LogP contribution in [0.25, 0.3) is 0 Å². The Hall–Kier alpha value is -6.50. The molecule has 6 aliphatic heterocycles. The van der Waals surface area contributed by atoms with Gasteiger partial charge in [0.1, 0.15) is 86.4 Å². The number of rotatable bonds is 13. The van der Waals surface area contributed by atoms with Crippen LogP contribution in [0, 0.1) is 71.0 Å². The minimum atomic E-state index is -2.43. The van der Waals surface area contributed by atoms with Gasteiger partial charge in [0.25, 0.3) is 23.4 Å². The quantitative estimate of drug-likeness (QED) is 0.0495. The van der Waals surface area contributed by atoms with Gasteiger partial charge >= 0.3 is 27.5 Å². The molecule has 4 bridgehead atoms. The highest BCUT2D eigenvalue weighted by atomic mass is 31.1. The Morgan fingerprint density at radius 1 is 0.450 bits per heavy atom. The van der Waals surface area contributed by atoms with Crippen LogP contribution >= 0.6 is 15.6 Å². The lowest BCUT2D eigenvalue weighted by atomic mass is 9.78. The van der Waals surface area contributed by atoms with Crippen molar-refractivity contribution in [2.24, 2.45) is 71.0 Å². The maximum absolute atomic E-state index is 14.4. The summed E-state index contributed by atoms with van der Waals surface area (Å²) >= 11 is 0. The lowest BCUT2D eigenvalue weighted by molar-refractivity contribution is -0.265. The Labute approximate surface area is 839 Å². The molecule has 29 nitrogen and oxygen atoms in total. The highest BCUT2D eigenvalue weighted by molar-refractivity contribution is 7.44. The molecule has 140 heavy (non-hydrogen) atoms. The number of esters is 2. The van der Waals surface area contributed by atoms with Gasteiger partial charge in [0.15, 0.2) is 17.2 Å². The van der Waals surface area contributed by atoms with E-state index < -0.39 is 177 Å². The summed E-state index contributed by atoms with van der Waals surface area (Å²) < 4.78 is 81.2. The van der Waals surface area contributed by atoms with Gasteiger partial charge in [-0.15, -0.1) is 0 Å². The van der Waals surface area contributed by atoms with Gasteiger partial charge in [0.2, 0.25) is 11.6 Å². The van der Waals surface area contributed by atoms with Crippen molar-refractivity contribution in [2.75, 3.05) is 75.7 Å². The van der Waals surface area contributed by atoms with Crippen LogP contribution in [0.15, 0.2) is 95.2 Å². The summed E-state index contributed by atoms with van der Waals surface area (Å²) in [6.07, 6.45) is 23.4. The number of hydrogen-bond donors (Lipinski definition) is 5. The van der Waals surface area contributed by atoms with Crippen LogP contribution in [0.1, 0.15) is 280 Å². The van der Waals surface area contributed by atoms with E-state index in [1.165, 1.54) is 24.0 Å². The average molecular weight is 2010 g/mol. The van der Waals surface area contributed by atoms with Crippen LogP contribution in [0.4, 0.5) is 0 Å². The van der Waals surface area contributed by atoms with Gasteiger partial charge in [-0.2, -0.15) is 0 Å². The number of aliphatic hydroxyl groups is 5. The first-order valence-corrected chi connectivity index (χ1v) is 54.5. The molecule has 4 saturated heterocycles. The number of amides is 2. The fraction of sp³-hybridized carbons (Fsp3) is 0.761. The molecule has 31 atom stereocenters. The molecule has 6 fully saturated rings. The topological polar surface area (TPSA) is 405 Å². The van der Waals surface area contributed by atoms with Gasteiger partial charge in [-0.3, -0.25) is 38.4 Å². The zero-order chi connectivity index (χ0) is 103. The van der Waals surface area contributed by atoms with E-state index in [-0.39, 0.29) is 130 Å². The second-order valence-electron chi connectivity index (χ2n) is 40.5. The third-order valence-electron chi connectivity index (χ3n) is 29.4. The van der Waals surface area contributed by atoms with Gasteiger partial charge in [-0.05, 0) is 214 Å². The Balaban J connectivity index is 0.000000673. The van der Waals surface area contributed by atoms with Crippen LogP contribution in [0.2, 0.25) is 0 Å². The number of piperidine rings is 2. The predicted molar refractivity (Wildman–Crippen MR) is 546 cm³/mol. The minimum absolute atomic E-state index is 0. The number of methoxy groups -OCH3 is 6. The molecule has 0 aromatic carbocycles. The summed E-state index contributed by atoms with van der Waals surface area (Å²) in [5, 5.41) is 57.3. The van der Waals surface area contributed by atoms with Crippen LogP contribution < -0.4 is 0 Å². The molecule has 2 amide bonds. The van der Waals surface area contributed by atoms with Crippen molar-refractivity contribution in [2.45, 2.75) is 388 Å². The number of hydrogen-bond acceptors (Lipinski definition) is 27. The molecular formula is C109H180N2O27P2+2. The molecule has 8 rings (SSSR count). The molecule has 6 heterocycles. The largest absolute Gasteiger partial charge is 0.460 e. The number of cyclic esters (lactones) is 2. The number of nitrogens with zero attached hydrogens (tertiary/aromatic N) is 2. The van der Waals surface area contributed by atoms with E-state index in [0.717, 1.165) is 30.4 Å². The van der Waals surface area contributed by atoms with Crippen LogP contribution in [0.3, 0.4) is 0 Å². The number of Topliss-reactive ketones (excluding diaryl/α,β-unsaturated/α-hetero) is 6. The normalized spacial score (nSPS) is 36.8. The van der Waals surface area contributed by atoms with Crippen molar-refractivity contribution < 1.29 is 130 Å². The summed E-state index contributed by atoms with van der Waals surface area (Å²) in [6, 6.07) is -2.28. The van der Waals surface area contributed by atoms with Crippen molar-refractivity contribution in [1.29, 1.82) is 0 Å². The van der Waals surface area contributed by atoms with E-state index in [9.17, 15) is 82.6 Å². The Bertz CT molecular complexity index is 4250. The summed E-state index contributed by atoms with van der Waals surface area (Å²) in [4.78, 5) is 144. The van der Waals surface area contributed by atoms with Gasteiger partial charge in [-0.25, -0.2) is 9.59 Å². The molecular weight excluding hydrogens is 1830 g/mol. The molecule has 8 aliphatic rings. The predicted octanol–water partition coefficient (Wildman–Crippen LogP) is 17.2. The van der Waals surface area contributed by atoms with Crippen LogP contribution in [0.5, 0.6) is 0 Å². The molecule has 5 N–H and O–H groups in total.